The van der Waals surface area contributed by atoms with E-state index in [0.717, 1.165) is 5.39 Å². The second-order valence-electron chi connectivity index (χ2n) is 3.07. The molecule has 0 radical (unpaired) electrons. The minimum absolute atomic E-state index is 0.181. The van der Waals surface area contributed by atoms with Crippen molar-refractivity contribution in [3.8, 4) is 0 Å². The molecule has 2 rings (SSSR count). The maximum Gasteiger partial charge on any atom is 0.142 e. The second kappa shape index (κ2) is 3.61. The van der Waals surface area contributed by atoms with E-state index < -0.39 is 6.04 Å². The van der Waals surface area contributed by atoms with Crippen molar-refractivity contribution in [3.05, 3.63) is 35.0 Å². The molecule has 74 valence electrons. The Morgan fingerprint density at radius 3 is 2.79 bits per heavy atom. The van der Waals surface area contributed by atoms with Crippen LogP contribution in [-0.4, -0.2) is 11.7 Å². The van der Waals surface area contributed by atoms with Gasteiger partial charge in [-0.2, -0.15) is 0 Å². The number of halogens is 1. The predicted octanol–water partition coefficient (Wildman–Crippen LogP) is 2.08. The number of hydrogen-bond acceptors (Lipinski definition) is 3. The maximum absolute atomic E-state index is 8.89. The van der Waals surface area contributed by atoms with Gasteiger partial charge in [-0.25, -0.2) is 0 Å². The van der Waals surface area contributed by atoms with E-state index in [2.05, 4.69) is 0 Å². The van der Waals surface area contributed by atoms with Crippen molar-refractivity contribution in [2.24, 2.45) is 5.73 Å². The molecule has 1 aromatic carbocycles. The summed E-state index contributed by atoms with van der Waals surface area (Å²) in [6, 6.07) is 6.84. The molecule has 4 heteroatoms. The molecule has 0 bridgehead atoms. The monoisotopic (exact) mass is 211 g/mol. The smallest absolute Gasteiger partial charge is 0.142 e. The number of aliphatic hydroxyl groups is 1. The maximum atomic E-state index is 8.89. The first-order chi connectivity index (χ1) is 6.74. The Balaban J connectivity index is 2.62. The summed E-state index contributed by atoms with van der Waals surface area (Å²) in [6.07, 6.45) is 0. The third-order valence-electron chi connectivity index (χ3n) is 2.09. The van der Waals surface area contributed by atoms with Gasteiger partial charge in [0.15, 0.2) is 0 Å². The number of rotatable bonds is 2. The number of aliphatic hydroxyl groups excluding tert-OH is 1. The van der Waals surface area contributed by atoms with Crippen molar-refractivity contribution >= 4 is 22.6 Å². The summed E-state index contributed by atoms with van der Waals surface area (Å²) < 4.78 is 5.43. The van der Waals surface area contributed by atoms with Crippen LogP contribution < -0.4 is 5.73 Å². The van der Waals surface area contributed by atoms with E-state index in [4.69, 9.17) is 26.9 Å². The molecule has 0 aliphatic rings. The normalized spacial score (nSPS) is 13.4. The molecule has 0 saturated carbocycles. The second-order valence-corrected chi connectivity index (χ2v) is 3.44. The summed E-state index contributed by atoms with van der Waals surface area (Å²) >= 11 is 6.05. The highest BCUT2D eigenvalue weighted by atomic mass is 35.5. The number of nitrogens with two attached hydrogens (primary N) is 1. The van der Waals surface area contributed by atoms with Gasteiger partial charge >= 0.3 is 0 Å². The standard InChI is InChI=1S/C10H10ClNO2/c11-9-6-3-1-2-4-8(6)14-10(9)7(12)5-13/h1-4,7,13H,5,12H2. The molecule has 3 N–H and O–H groups in total. The minimum atomic E-state index is -0.560. The molecule has 0 saturated heterocycles. The molecule has 0 fully saturated rings. The van der Waals surface area contributed by atoms with E-state index in [1.165, 1.54) is 0 Å². The van der Waals surface area contributed by atoms with Gasteiger partial charge < -0.3 is 15.3 Å². The topological polar surface area (TPSA) is 59.4 Å². The molecule has 0 aliphatic carbocycles. The Morgan fingerprint density at radius 2 is 2.14 bits per heavy atom. The van der Waals surface area contributed by atoms with Crippen LogP contribution >= 0.6 is 11.6 Å². The lowest BCUT2D eigenvalue weighted by Crippen LogP contribution is -2.13. The Morgan fingerprint density at radius 1 is 1.43 bits per heavy atom. The molecule has 3 nitrogen and oxygen atoms in total. The first-order valence-corrected chi connectivity index (χ1v) is 4.65. The van der Waals surface area contributed by atoms with Crippen molar-refractivity contribution in [1.82, 2.24) is 0 Å². The van der Waals surface area contributed by atoms with E-state index in [9.17, 15) is 0 Å². The first-order valence-electron chi connectivity index (χ1n) is 4.27. The van der Waals surface area contributed by atoms with E-state index in [0.29, 0.717) is 16.4 Å². The third kappa shape index (κ3) is 1.39. The summed E-state index contributed by atoms with van der Waals surface area (Å²) in [4.78, 5) is 0. The lowest BCUT2D eigenvalue weighted by Gasteiger charge is -2.03. The van der Waals surface area contributed by atoms with Gasteiger partial charge in [-0.1, -0.05) is 23.7 Å². The highest BCUT2D eigenvalue weighted by molar-refractivity contribution is 6.36. The molecule has 1 atom stereocenters. The molecule has 2 aromatic rings. The summed E-state index contributed by atoms with van der Waals surface area (Å²) in [6.45, 7) is -0.181. The third-order valence-corrected chi connectivity index (χ3v) is 2.48. The molecule has 0 aliphatic heterocycles. The molecule has 0 amide bonds. The van der Waals surface area contributed by atoms with Crippen molar-refractivity contribution < 1.29 is 9.52 Å². The predicted molar refractivity (Wildman–Crippen MR) is 55.2 cm³/mol. The van der Waals surface area contributed by atoms with Crippen LogP contribution in [0.2, 0.25) is 5.02 Å². The number of hydrogen-bond donors (Lipinski definition) is 2. The van der Waals surface area contributed by atoms with Gasteiger partial charge in [0.1, 0.15) is 11.3 Å². The van der Waals surface area contributed by atoms with Crippen LogP contribution in [0.1, 0.15) is 11.8 Å². The van der Waals surface area contributed by atoms with Crippen molar-refractivity contribution in [3.63, 3.8) is 0 Å². The summed E-state index contributed by atoms with van der Waals surface area (Å²) in [5, 5.41) is 10.2. The Labute approximate surface area is 86.1 Å². The first kappa shape index (κ1) is 9.52. The number of benzene rings is 1. The SMILES string of the molecule is NC(CO)c1oc2ccccc2c1Cl. The van der Waals surface area contributed by atoms with Gasteiger partial charge in [-0.15, -0.1) is 0 Å². The zero-order chi connectivity index (χ0) is 10.1. The van der Waals surface area contributed by atoms with Crippen LogP contribution in [0.4, 0.5) is 0 Å². The summed E-state index contributed by atoms with van der Waals surface area (Å²) in [5.41, 5.74) is 6.32. The molecule has 1 heterocycles. The van der Waals surface area contributed by atoms with Crippen molar-refractivity contribution in [2.75, 3.05) is 6.61 Å². The molecule has 1 aromatic heterocycles. The summed E-state index contributed by atoms with van der Waals surface area (Å²) in [7, 11) is 0. The van der Waals surface area contributed by atoms with Crippen LogP contribution in [-0.2, 0) is 0 Å². The van der Waals surface area contributed by atoms with Gasteiger partial charge in [-0.05, 0) is 12.1 Å². The molecular weight excluding hydrogens is 202 g/mol. The van der Waals surface area contributed by atoms with Crippen molar-refractivity contribution in [1.29, 1.82) is 0 Å². The fraction of sp³-hybridized carbons (Fsp3) is 0.200. The number of fused-ring (bicyclic) bond motifs is 1. The molecular formula is C10H10ClNO2. The highest BCUT2D eigenvalue weighted by Gasteiger charge is 2.17. The van der Waals surface area contributed by atoms with E-state index in [-0.39, 0.29) is 6.61 Å². The highest BCUT2D eigenvalue weighted by Crippen LogP contribution is 2.32. The number of para-hydroxylation sites is 1. The Bertz CT molecular complexity index is 452. The summed E-state index contributed by atoms with van der Waals surface area (Å²) in [5.74, 6) is 0.440. The van der Waals surface area contributed by atoms with E-state index >= 15 is 0 Å². The van der Waals surface area contributed by atoms with E-state index in [1.807, 2.05) is 24.3 Å². The van der Waals surface area contributed by atoms with Gasteiger partial charge in [0, 0.05) is 5.39 Å². The molecule has 0 spiro atoms. The van der Waals surface area contributed by atoms with Gasteiger partial charge in [0.25, 0.3) is 0 Å². The average Bonchev–Trinajstić information content (AvgIpc) is 2.56. The zero-order valence-electron chi connectivity index (χ0n) is 7.40. The van der Waals surface area contributed by atoms with Crippen LogP contribution in [0.25, 0.3) is 11.0 Å². The van der Waals surface area contributed by atoms with Crippen LogP contribution in [0, 0.1) is 0 Å². The van der Waals surface area contributed by atoms with Gasteiger partial charge in [0.2, 0.25) is 0 Å². The fourth-order valence-corrected chi connectivity index (χ4v) is 1.69. The van der Waals surface area contributed by atoms with Gasteiger partial charge in [-0.3, -0.25) is 0 Å². The van der Waals surface area contributed by atoms with Gasteiger partial charge in [0.05, 0.1) is 17.7 Å². The lowest BCUT2D eigenvalue weighted by atomic mass is 10.2. The largest absolute Gasteiger partial charge is 0.458 e. The Hall–Kier alpha value is -1.03. The fourth-order valence-electron chi connectivity index (χ4n) is 1.35. The van der Waals surface area contributed by atoms with Crippen LogP contribution in [0.5, 0.6) is 0 Å². The van der Waals surface area contributed by atoms with Crippen LogP contribution in [0.15, 0.2) is 28.7 Å². The van der Waals surface area contributed by atoms with E-state index in [1.54, 1.807) is 0 Å². The lowest BCUT2D eigenvalue weighted by molar-refractivity contribution is 0.254. The number of furan rings is 1. The quantitative estimate of drug-likeness (QED) is 0.800. The minimum Gasteiger partial charge on any atom is -0.458 e. The van der Waals surface area contributed by atoms with Crippen LogP contribution in [0.3, 0.4) is 0 Å². The van der Waals surface area contributed by atoms with Crippen molar-refractivity contribution in [2.45, 2.75) is 6.04 Å². The average molecular weight is 212 g/mol. The molecule has 1 unspecified atom stereocenters. The Kier molecular flexibility index (Phi) is 2.46. The zero-order valence-corrected chi connectivity index (χ0v) is 8.16. The molecule has 14 heavy (non-hydrogen) atoms.